The van der Waals surface area contributed by atoms with Gasteiger partial charge in [0.15, 0.2) is 0 Å². The number of hydrogen-bond donors (Lipinski definition) is 2. The number of imidazole rings is 1. The van der Waals surface area contributed by atoms with Crippen LogP contribution in [0.1, 0.15) is 25.0 Å². The molecule has 1 aromatic heterocycles. The van der Waals surface area contributed by atoms with Gasteiger partial charge in [-0.2, -0.15) is 0 Å². The smallest absolute Gasteiger partial charge is 0.318 e. The Kier molecular flexibility index (Phi) is 8.30. The standard InChI is InChI=1S/C27H33N5O3/c1-7-14-31(27(34)28-18(2)3)17-25(33)30-26-29-24(21-9-12-23(35-6)13-10-21)16-32(26)22-11-8-19(4)20(5)15-22/h7-13,15-16,18H,1,14,17H2,2-6H3,(H,28,34)(H,29,30,33). The Balaban J connectivity index is 1.93. The third-order valence-corrected chi connectivity index (χ3v) is 5.49. The van der Waals surface area contributed by atoms with E-state index in [2.05, 4.69) is 24.1 Å². The second-order valence-electron chi connectivity index (χ2n) is 8.64. The highest BCUT2D eigenvalue weighted by Gasteiger charge is 2.19. The van der Waals surface area contributed by atoms with E-state index in [1.165, 1.54) is 10.5 Å². The number of nitrogens with zero attached hydrogens (tertiary/aromatic N) is 3. The molecule has 8 heteroatoms. The van der Waals surface area contributed by atoms with Crippen molar-refractivity contribution in [2.45, 2.75) is 33.7 Å². The Morgan fingerprint density at radius 3 is 2.46 bits per heavy atom. The molecule has 1 heterocycles. The average molecular weight is 476 g/mol. The van der Waals surface area contributed by atoms with Gasteiger partial charge in [-0.15, -0.1) is 6.58 Å². The minimum Gasteiger partial charge on any atom is -0.497 e. The number of carbonyl (C=O) groups excluding carboxylic acids is 2. The van der Waals surface area contributed by atoms with E-state index in [0.717, 1.165) is 22.6 Å². The first-order chi connectivity index (χ1) is 16.7. The fourth-order valence-corrected chi connectivity index (χ4v) is 3.49. The third kappa shape index (κ3) is 6.50. The number of carbonyl (C=O) groups is 2. The Bertz CT molecular complexity index is 1200. The lowest BCUT2D eigenvalue weighted by Crippen LogP contribution is -2.46. The monoisotopic (exact) mass is 475 g/mol. The summed E-state index contributed by atoms with van der Waals surface area (Å²) in [6.45, 7) is 11.6. The van der Waals surface area contributed by atoms with Gasteiger partial charge in [-0.1, -0.05) is 12.1 Å². The predicted octanol–water partition coefficient (Wildman–Crippen LogP) is 4.71. The number of hydrogen-bond acceptors (Lipinski definition) is 4. The zero-order valence-electron chi connectivity index (χ0n) is 21.0. The molecule has 0 spiro atoms. The van der Waals surface area contributed by atoms with Crippen molar-refractivity contribution in [3.05, 3.63) is 72.4 Å². The van der Waals surface area contributed by atoms with Crippen LogP contribution in [0.2, 0.25) is 0 Å². The Morgan fingerprint density at radius 1 is 1.14 bits per heavy atom. The van der Waals surface area contributed by atoms with Crippen LogP contribution in [0.3, 0.4) is 0 Å². The molecule has 0 saturated carbocycles. The first-order valence-corrected chi connectivity index (χ1v) is 11.5. The van der Waals surface area contributed by atoms with Crippen molar-refractivity contribution in [2.24, 2.45) is 0 Å². The second kappa shape index (κ2) is 11.4. The highest BCUT2D eigenvalue weighted by molar-refractivity contribution is 5.93. The average Bonchev–Trinajstić information content (AvgIpc) is 3.23. The van der Waals surface area contributed by atoms with E-state index < -0.39 is 0 Å². The Labute approximate surface area is 206 Å². The summed E-state index contributed by atoms with van der Waals surface area (Å²) >= 11 is 0. The number of urea groups is 1. The minimum atomic E-state index is -0.359. The summed E-state index contributed by atoms with van der Waals surface area (Å²) in [6, 6.07) is 13.2. The van der Waals surface area contributed by atoms with E-state index in [-0.39, 0.29) is 31.1 Å². The lowest BCUT2D eigenvalue weighted by molar-refractivity contribution is -0.116. The molecule has 2 N–H and O–H groups in total. The van der Waals surface area contributed by atoms with Crippen LogP contribution in [-0.4, -0.2) is 52.6 Å². The molecular formula is C27H33N5O3. The van der Waals surface area contributed by atoms with Gasteiger partial charge < -0.3 is 15.0 Å². The van der Waals surface area contributed by atoms with Gasteiger partial charge in [0.25, 0.3) is 0 Å². The molecule has 35 heavy (non-hydrogen) atoms. The molecule has 0 aliphatic rings. The van der Waals surface area contributed by atoms with Crippen LogP contribution in [-0.2, 0) is 4.79 Å². The van der Waals surface area contributed by atoms with Crippen LogP contribution in [0.5, 0.6) is 5.75 Å². The summed E-state index contributed by atoms with van der Waals surface area (Å²) in [4.78, 5) is 31.6. The molecule has 0 atom stereocenters. The number of anilines is 1. The van der Waals surface area contributed by atoms with Crippen LogP contribution in [0, 0.1) is 13.8 Å². The summed E-state index contributed by atoms with van der Waals surface area (Å²) in [7, 11) is 1.62. The first kappa shape index (κ1) is 25.6. The van der Waals surface area contributed by atoms with Crippen molar-refractivity contribution in [1.82, 2.24) is 19.8 Å². The van der Waals surface area contributed by atoms with Gasteiger partial charge in [0, 0.05) is 30.0 Å². The van der Waals surface area contributed by atoms with Crippen molar-refractivity contribution in [2.75, 3.05) is 25.5 Å². The molecule has 0 aliphatic heterocycles. The SMILES string of the molecule is C=CCN(CC(=O)Nc1nc(-c2ccc(OC)cc2)cn1-c1ccc(C)c(C)c1)C(=O)NC(C)C. The zero-order valence-corrected chi connectivity index (χ0v) is 21.0. The number of ether oxygens (including phenoxy) is 1. The zero-order chi connectivity index (χ0) is 25.5. The number of aryl methyl sites for hydroxylation is 2. The van der Waals surface area contributed by atoms with E-state index in [1.807, 2.05) is 74.0 Å². The van der Waals surface area contributed by atoms with Crippen molar-refractivity contribution in [3.63, 3.8) is 0 Å². The van der Waals surface area contributed by atoms with E-state index in [1.54, 1.807) is 13.2 Å². The van der Waals surface area contributed by atoms with Crippen molar-refractivity contribution < 1.29 is 14.3 Å². The molecule has 0 fully saturated rings. The highest BCUT2D eigenvalue weighted by Crippen LogP contribution is 2.27. The van der Waals surface area contributed by atoms with Gasteiger partial charge >= 0.3 is 6.03 Å². The van der Waals surface area contributed by atoms with E-state index in [0.29, 0.717) is 11.6 Å². The number of methoxy groups -OCH3 is 1. The number of amides is 3. The number of benzene rings is 2. The quantitative estimate of drug-likeness (QED) is 0.439. The van der Waals surface area contributed by atoms with Crippen LogP contribution in [0.15, 0.2) is 61.3 Å². The molecule has 3 amide bonds. The molecule has 2 aromatic carbocycles. The molecule has 3 rings (SSSR count). The molecular weight excluding hydrogens is 442 g/mol. The van der Waals surface area contributed by atoms with Gasteiger partial charge in [0.05, 0.1) is 12.8 Å². The first-order valence-electron chi connectivity index (χ1n) is 11.5. The van der Waals surface area contributed by atoms with Crippen LogP contribution >= 0.6 is 0 Å². The molecule has 0 unspecified atom stereocenters. The maximum atomic E-state index is 13.0. The van der Waals surface area contributed by atoms with Crippen LogP contribution in [0.25, 0.3) is 16.9 Å². The fraction of sp³-hybridized carbons (Fsp3) is 0.296. The van der Waals surface area contributed by atoms with Gasteiger partial charge in [-0.05, 0) is 75.2 Å². The van der Waals surface area contributed by atoms with Crippen LogP contribution in [0.4, 0.5) is 10.7 Å². The summed E-state index contributed by atoms with van der Waals surface area (Å²) in [5, 5.41) is 5.69. The predicted molar refractivity (Wildman–Crippen MR) is 139 cm³/mol. The summed E-state index contributed by atoms with van der Waals surface area (Å²) in [6.07, 6.45) is 3.47. The normalized spacial score (nSPS) is 10.7. The molecule has 0 aliphatic carbocycles. The van der Waals surface area contributed by atoms with Gasteiger partial charge in [-0.3, -0.25) is 14.7 Å². The van der Waals surface area contributed by atoms with Gasteiger partial charge in [0.1, 0.15) is 12.3 Å². The highest BCUT2D eigenvalue weighted by atomic mass is 16.5. The molecule has 0 radical (unpaired) electrons. The van der Waals surface area contributed by atoms with Crippen LogP contribution < -0.4 is 15.4 Å². The molecule has 3 aromatic rings. The van der Waals surface area contributed by atoms with Gasteiger partial charge in [0.2, 0.25) is 11.9 Å². The maximum absolute atomic E-state index is 13.0. The summed E-state index contributed by atoms with van der Waals surface area (Å²) < 4.78 is 7.10. The second-order valence-corrected chi connectivity index (χ2v) is 8.64. The lowest BCUT2D eigenvalue weighted by Gasteiger charge is -2.22. The Hall–Kier alpha value is -4.07. The van der Waals surface area contributed by atoms with E-state index in [9.17, 15) is 9.59 Å². The molecule has 8 nitrogen and oxygen atoms in total. The largest absolute Gasteiger partial charge is 0.497 e. The number of nitrogens with one attached hydrogen (secondary N) is 2. The molecule has 0 bridgehead atoms. The van der Waals surface area contributed by atoms with Gasteiger partial charge in [-0.25, -0.2) is 9.78 Å². The minimum absolute atomic E-state index is 0.0476. The topological polar surface area (TPSA) is 88.5 Å². The lowest BCUT2D eigenvalue weighted by atomic mass is 10.1. The van der Waals surface area contributed by atoms with Crippen molar-refractivity contribution in [3.8, 4) is 22.7 Å². The third-order valence-electron chi connectivity index (χ3n) is 5.49. The summed E-state index contributed by atoms with van der Waals surface area (Å²) in [5.74, 6) is 0.757. The van der Waals surface area contributed by atoms with E-state index >= 15 is 0 Å². The summed E-state index contributed by atoms with van der Waals surface area (Å²) in [5.41, 5.74) is 4.75. The fourth-order valence-electron chi connectivity index (χ4n) is 3.49. The number of aromatic nitrogens is 2. The van der Waals surface area contributed by atoms with Crippen molar-refractivity contribution in [1.29, 1.82) is 0 Å². The van der Waals surface area contributed by atoms with E-state index in [4.69, 9.17) is 9.72 Å². The van der Waals surface area contributed by atoms with Crippen molar-refractivity contribution >= 4 is 17.9 Å². The molecule has 0 saturated heterocycles. The maximum Gasteiger partial charge on any atom is 0.318 e. The Morgan fingerprint density at radius 2 is 1.86 bits per heavy atom. The molecule has 184 valence electrons. The number of rotatable bonds is 9.